The maximum atomic E-state index is 14.5. The molecule has 3 aromatic rings. The van der Waals surface area contributed by atoms with Crippen LogP contribution < -0.4 is 19.3 Å². The molecule has 1 fully saturated rings. The van der Waals surface area contributed by atoms with Crippen LogP contribution in [-0.4, -0.2) is 80.6 Å². The van der Waals surface area contributed by atoms with E-state index in [1.54, 1.807) is 7.11 Å². The summed E-state index contributed by atoms with van der Waals surface area (Å²) in [5.41, 5.74) is 5.57. The second kappa shape index (κ2) is 16.2. The molecule has 0 aromatic heterocycles. The van der Waals surface area contributed by atoms with Crippen molar-refractivity contribution in [2.45, 2.75) is 72.4 Å². The maximum absolute atomic E-state index is 14.5. The molecule has 0 saturated carbocycles. The molecule has 2 heterocycles. The number of anilines is 2. The van der Waals surface area contributed by atoms with Gasteiger partial charge in [0.25, 0.3) is 5.91 Å². The monoisotopic (exact) mass is 640 g/mol. The Labute approximate surface area is 281 Å². The summed E-state index contributed by atoms with van der Waals surface area (Å²) in [5, 5.41) is 0. The van der Waals surface area contributed by atoms with Gasteiger partial charge in [0.2, 0.25) is 5.91 Å². The molecule has 0 radical (unpaired) electrons. The van der Waals surface area contributed by atoms with Crippen LogP contribution in [0.1, 0.15) is 73.5 Å². The van der Waals surface area contributed by atoms with Crippen LogP contribution >= 0.6 is 0 Å². The van der Waals surface area contributed by atoms with Gasteiger partial charge in [0, 0.05) is 57.4 Å². The van der Waals surface area contributed by atoms with Gasteiger partial charge in [-0.3, -0.25) is 14.5 Å². The molecule has 8 heteroatoms. The number of amides is 2. The van der Waals surface area contributed by atoms with Crippen molar-refractivity contribution in [2.24, 2.45) is 0 Å². The first-order chi connectivity index (χ1) is 22.8. The molecule has 0 atom stereocenters. The number of ether oxygens (including phenoxy) is 2. The molecular formula is C39H52N4O4. The van der Waals surface area contributed by atoms with Gasteiger partial charge < -0.3 is 24.2 Å². The van der Waals surface area contributed by atoms with Crippen molar-refractivity contribution in [3.05, 3.63) is 82.9 Å². The normalized spacial score (nSPS) is 16.2. The van der Waals surface area contributed by atoms with Crippen molar-refractivity contribution in [1.82, 2.24) is 9.80 Å². The van der Waals surface area contributed by atoms with Crippen LogP contribution in [-0.2, 0) is 17.8 Å². The minimum Gasteiger partial charge on any atom is -0.497 e. The molecule has 0 aliphatic carbocycles. The zero-order chi connectivity index (χ0) is 33.3. The Morgan fingerprint density at radius 3 is 2.34 bits per heavy atom. The van der Waals surface area contributed by atoms with Gasteiger partial charge in [0.1, 0.15) is 11.5 Å². The Bertz CT molecular complexity index is 1500. The number of methoxy groups -OCH3 is 1. The molecule has 0 unspecified atom stereocenters. The predicted molar refractivity (Wildman–Crippen MR) is 190 cm³/mol. The predicted octanol–water partition coefficient (Wildman–Crippen LogP) is 6.72. The molecule has 5 rings (SSSR count). The molecule has 1 saturated heterocycles. The molecule has 0 N–H and O–H groups in total. The number of benzene rings is 3. The Morgan fingerprint density at radius 1 is 0.872 bits per heavy atom. The largest absolute Gasteiger partial charge is 0.497 e. The number of hydrogen-bond acceptors (Lipinski definition) is 6. The van der Waals surface area contributed by atoms with Crippen LogP contribution in [0, 0.1) is 6.92 Å². The number of para-hydroxylation sites is 1. The van der Waals surface area contributed by atoms with Crippen molar-refractivity contribution in [3.8, 4) is 11.5 Å². The summed E-state index contributed by atoms with van der Waals surface area (Å²) in [6.45, 7) is 14.4. The smallest absolute Gasteiger partial charge is 0.254 e. The third-order valence-electron chi connectivity index (χ3n) is 9.38. The lowest BCUT2D eigenvalue weighted by Gasteiger charge is -2.30. The second-order valence-electron chi connectivity index (χ2n) is 13.1. The SMILES string of the molecule is CCCOc1ccc(C(=O)N2CCN(C(C)C)CCCN(C(=O)Cc3ccc(OC)cc3)c3c(C)cccc3C2)cc1N1CCCC1. The Hall–Kier alpha value is -4.04. The molecule has 0 bridgehead atoms. The van der Waals surface area contributed by atoms with Crippen molar-refractivity contribution >= 4 is 23.2 Å². The maximum Gasteiger partial charge on any atom is 0.254 e. The Balaban J connectivity index is 1.49. The fraction of sp³-hybridized carbons (Fsp3) is 0.487. The number of nitrogens with zero attached hydrogens (tertiary/aromatic N) is 4. The van der Waals surface area contributed by atoms with Crippen LogP contribution in [0.4, 0.5) is 11.4 Å². The van der Waals surface area contributed by atoms with Gasteiger partial charge in [-0.2, -0.15) is 0 Å². The van der Waals surface area contributed by atoms with Crippen molar-refractivity contribution in [2.75, 3.05) is 62.8 Å². The summed E-state index contributed by atoms with van der Waals surface area (Å²) in [6, 6.07) is 20.1. The van der Waals surface area contributed by atoms with E-state index in [4.69, 9.17) is 9.47 Å². The van der Waals surface area contributed by atoms with E-state index in [-0.39, 0.29) is 11.8 Å². The van der Waals surface area contributed by atoms with Crippen LogP contribution in [0.25, 0.3) is 0 Å². The van der Waals surface area contributed by atoms with Crippen molar-refractivity contribution < 1.29 is 19.1 Å². The third-order valence-corrected chi connectivity index (χ3v) is 9.38. The van der Waals surface area contributed by atoms with E-state index in [0.29, 0.717) is 44.3 Å². The molecule has 47 heavy (non-hydrogen) atoms. The summed E-state index contributed by atoms with van der Waals surface area (Å²) in [5.74, 6) is 1.67. The van der Waals surface area contributed by atoms with Crippen molar-refractivity contribution in [1.29, 1.82) is 0 Å². The molecule has 2 aliphatic heterocycles. The van der Waals surface area contributed by atoms with E-state index < -0.39 is 0 Å². The van der Waals surface area contributed by atoms with Gasteiger partial charge in [0.05, 0.1) is 31.5 Å². The quantitative estimate of drug-likeness (QED) is 0.259. The van der Waals surface area contributed by atoms with Crippen molar-refractivity contribution in [3.63, 3.8) is 0 Å². The summed E-state index contributed by atoms with van der Waals surface area (Å²) >= 11 is 0. The molecule has 252 valence electrons. The first kappa shape index (κ1) is 34.3. The number of fused-ring (bicyclic) bond motifs is 1. The molecule has 8 nitrogen and oxygen atoms in total. The number of aryl methyl sites for hydroxylation is 1. The average molecular weight is 641 g/mol. The number of rotatable bonds is 9. The summed E-state index contributed by atoms with van der Waals surface area (Å²) in [6.07, 6.45) is 4.35. The summed E-state index contributed by atoms with van der Waals surface area (Å²) in [7, 11) is 1.65. The second-order valence-corrected chi connectivity index (χ2v) is 13.1. The van der Waals surface area contributed by atoms with E-state index in [0.717, 1.165) is 91.4 Å². The topological polar surface area (TPSA) is 65.6 Å². The van der Waals surface area contributed by atoms with Gasteiger partial charge in [-0.1, -0.05) is 37.3 Å². The zero-order valence-electron chi connectivity index (χ0n) is 29.0. The highest BCUT2D eigenvalue weighted by Gasteiger charge is 2.27. The van der Waals surface area contributed by atoms with E-state index in [1.165, 1.54) is 0 Å². The van der Waals surface area contributed by atoms with Gasteiger partial charge in [-0.25, -0.2) is 0 Å². The minimum atomic E-state index is -0.000919. The van der Waals surface area contributed by atoms with E-state index >= 15 is 0 Å². The third kappa shape index (κ3) is 8.47. The number of carbonyl (C=O) groups excluding carboxylic acids is 2. The first-order valence-electron chi connectivity index (χ1n) is 17.4. The Kier molecular flexibility index (Phi) is 11.8. The average Bonchev–Trinajstić information content (AvgIpc) is 3.60. The standard InChI is InChI=1S/C39H52N4O4/c1-6-25-47-36-18-15-32(27-35(36)41-19-7-8-20-41)39(45)42-24-23-40(29(2)3)21-10-22-43(38-30(4)11-9-12-33(38)28-42)37(44)26-31-13-16-34(46-5)17-14-31/h9,11-18,27,29H,6-8,10,19-26,28H2,1-5H3. The van der Waals surface area contributed by atoms with E-state index in [9.17, 15) is 9.59 Å². The number of hydrogen-bond donors (Lipinski definition) is 0. The minimum absolute atomic E-state index is 0.000919. The summed E-state index contributed by atoms with van der Waals surface area (Å²) < 4.78 is 11.5. The lowest BCUT2D eigenvalue weighted by atomic mass is 10.0. The molecule has 2 aliphatic rings. The molecule has 2 amide bonds. The van der Waals surface area contributed by atoms with Gasteiger partial charge in [-0.05, 0) is 93.5 Å². The highest BCUT2D eigenvalue weighted by Crippen LogP contribution is 2.34. The van der Waals surface area contributed by atoms with Gasteiger partial charge >= 0.3 is 0 Å². The van der Waals surface area contributed by atoms with Gasteiger partial charge in [0.15, 0.2) is 0 Å². The summed E-state index contributed by atoms with van der Waals surface area (Å²) in [4.78, 5) is 37.3. The van der Waals surface area contributed by atoms with Gasteiger partial charge in [-0.15, -0.1) is 0 Å². The van der Waals surface area contributed by atoms with Crippen LogP contribution in [0.5, 0.6) is 11.5 Å². The Morgan fingerprint density at radius 2 is 1.64 bits per heavy atom. The highest BCUT2D eigenvalue weighted by atomic mass is 16.5. The fourth-order valence-corrected chi connectivity index (χ4v) is 6.75. The fourth-order valence-electron chi connectivity index (χ4n) is 6.75. The van der Waals surface area contributed by atoms with Crippen LogP contribution in [0.3, 0.4) is 0 Å². The van der Waals surface area contributed by atoms with E-state index in [1.807, 2.05) is 58.3 Å². The van der Waals surface area contributed by atoms with Crippen LogP contribution in [0.2, 0.25) is 0 Å². The molecule has 3 aromatic carbocycles. The van der Waals surface area contributed by atoms with Crippen LogP contribution in [0.15, 0.2) is 60.7 Å². The molecule has 0 spiro atoms. The lowest BCUT2D eigenvalue weighted by Crippen LogP contribution is -2.41. The lowest BCUT2D eigenvalue weighted by molar-refractivity contribution is -0.118. The van der Waals surface area contributed by atoms with E-state index in [2.05, 4.69) is 49.6 Å². The highest BCUT2D eigenvalue weighted by molar-refractivity contribution is 5.97. The number of carbonyl (C=O) groups is 2. The zero-order valence-corrected chi connectivity index (χ0v) is 29.0. The first-order valence-corrected chi connectivity index (χ1v) is 17.4. The molecular weight excluding hydrogens is 588 g/mol.